The van der Waals surface area contributed by atoms with Gasteiger partial charge in [0.2, 0.25) is 0 Å². The SMILES string of the molecule is Clc1cc(Cl)cc(NCCC2CCCCC2)c1. The number of nitrogens with one attached hydrogen (secondary N) is 1. The van der Waals surface area contributed by atoms with Crippen molar-refractivity contribution >= 4 is 28.9 Å². The molecular formula is C14H19Cl2N. The molecule has 0 amide bonds. The van der Waals surface area contributed by atoms with E-state index in [1.807, 2.05) is 12.1 Å². The first-order valence-corrected chi connectivity index (χ1v) is 7.19. The van der Waals surface area contributed by atoms with Crippen molar-refractivity contribution in [3.8, 4) is 0 Å². The molecule has 17 heavy (non-hydrogen) atoms. The quantitative estimate of drug-likeness (QED) is 0.776. The van der Waals surface area contributed by atoms with Crippen LogP contribution in [0.15, 0.2) is 18.2 Å². The van der Waals surface area contributed by atoms with E-state index < -0.39 is 0 Å². The van der Waals surface area contributed by atoms with Crippen LogP contribution in [-0.4, -0.2) is 6.54 Å². The van der Waals surface area contributed by atoms with E-state index in [1.54, 1.807) is 6.07 Å². The average Bonchev–Trinajstić information content (AvgIpc) is 2.29. The van der Waals surface area contributed by atoms with Crippen LogP contribution in [0.1, 0.15) is 38.5 Å². The number of rotatable bonds is 4. The molecular weight excluding hydrogens is 253 g/mol. The fourth-order valence-corrected chi connectivity index (χ4v) is 3.08. The van der Waals surface area contributed by atoms with Crippen molar-refractivity contribution in [2.45, 2.75) is 38.5 Å². The molecule has 0 bridgehead atoms. The predicted molar refractivity (Wildman–Crippen MR) is 76.1 cm³/mol. The molecule has 0 spiro atoms. The Labute approximate surface area is 114 Å². The van der Waals surface area contributed by atoms with Gasteiger partial charge in [-0.2, -0.15) is 0 Å². The minimum Gasteiger partial charge on any atom is -0.385 e. The molecule has 94 valence electrons. The van der Waals surface area contributed by atoms with Gasteiger partial charge in [-0.15, -0.1) is 0 Å². The van der Waals surface area contributed by atoms with Gasteiger partial charge in [0.15, 0.2) is 0 Å². The van der Waals surface area contributed by atoms with Crippen LogP contribution < -0.4 is 5.32 Å². The third-order valence-corrected chi connectivity index (χ3v) is 3.91. The first kappa shape index (κ1) is 13.0. The largest absolute Gasteiger partial charge is 0.385 e. The molecule has 2 rings (SSSR count). The first-order chi connectivity index (χ1) is 8.24. The molecule has 1 saturated carbocycles. The van der Waals surface area contributed by atoms with Crippen LogP contribution in [0.3, 0.4) is 0 Å². The zero-order valence-corrected chi connectivity index (χ0v) is 11.5. The highest BCUT2D eigenvalue weighted by Crippen LogP contribution is 2.27. The average molecular weight is 272 g/mol. The van der Waals surface area contributed by atoms with E-state index in [0.717, 1.165) is 18.2 Å². The lowest BCUT2D eigenvalue weighted by Crippen LogP contribution is -2.12. The normalized spacial score (nSPS) is 17.1. The fraction of sp³-hybridized carbons (Fsp3) is 0.571. The third-order valence-electron chi connectivity index (χ3n) is 3.47. The summed E-state index contributed by atoms with van der Waals surface area (Å²) in [4.78, 5) is 0. The molecule has 1 fully saturated rings. The smallest absolute Gasteiger partial charge is 0.0441 e. The van der Waals surface area contributed by atoms with Crippen molar-refractivity contribution in [3.05, 3.63) is 28.2 Å². The molecule has 1 aromatic carbocycles. The zero-order chi connectivity index (χ0) is 12.1. The fourth-order valence-electron chi connectivity index (χ4n) is 2.55. The molecule has 0 radical (unpaired) electrons. The highest BCUT2D eigenvalue weighted by molar-refractivity contribution is 6.35. The van der Waals surface area contributed by atoms with Gasteiger partial charge in [-0.3, -0.25) is 0 Å². The Hall–Kier alpha value is -0.400. The van der Waals surface area contributed by atoms with Crippen molar-refractivity contribution in [1.82, 2.24) is 0 Å². The summed E-state index contributed by atoms with van der Waals surface area (Å²) in [5, 5.41) is 4.79. The van der Waals surface area contributed by atoms with Crippen molar-refractivity contribution in [2.24, 2.45) is 5.92 Å². The minimum atomic E-state index is 0.692. The van der Waals surface area contributed by atoms with Gasteiger partial charge in [0.05, 0.1) is 0 Å². The van der Waals surface area contributed by atoms with Crippen LogP contribution in [0.4, 0.5) is 5.69 Å². The van der Waals surface area contributed by atoms with Gasteiger partial charge in [0.1, 0.15) is 0 Å². The van der Waals surface area contributed by atoms with E-state index >= 15 is 0 Å². The lowest BCUT2D eigenvalue weighted by Gasteiger charge is -2.21. The Morgan fingerprint density at radius 3 is 2.29 bits per heavy atom. The standard InChI is InChI=1S/C14H19Cl2N/c15-12-8-13(16)10-14(9-12)17-7-6-11-4-2-1-3-5-11/h8-11,17H,1-7H2. The Morgan fingerprint density at radius 1 is 1.00 bits per heavy atom. The van der Waals surface area contributed by atoms with Gasteiger partial charge >= 0.3 is 0 Å². The Kier molecular flexibility index (Phi) is 4.99. The lowest BCUT2D eigenvalue weighted by atomic mass is 9.87. The van der Waals surface area contributed by atoms with Gasteiger partial charge in [-0.1, -0.05) is 55.3 Å². The van der Waals surface area contributed by atoms with E-state index in [9.17, 15) is 0 Å². The van der Waals surface area contributed by atoms with Gasteiger partial charge < -0.3 is 5.32 Å². The Morgan fingerprint density at radius 2 is 1.65 bits per heavy atom. The highest BCUT2D eigenvalue weighted by atomic mass is 35.5. The lowest BCUT2D eigenvalue weighted by molar-refractivity contribution is 0.345. The van der Waals surface area contributed by atoms with Crippen LogP contribution in [0.2, 0.25) is 10.0 Å². The molecule has 0 aromatic heterocycles. The summed E-state index contributed by atoms with van der Waals surface area (Å²) in [5.74, 6) is 0.908. The number of hydrogen-bond acceptors (Lipinski definition) is 1. The van der Waals surface area contributed by atoms with Crippen LogP contribution in [-0.2, 0) is 0 Å². The molecule has 0 heterocycles. The molecule has 1 aromatic rings. The van der Waals surface area contributed by atoms with Crippen LogP contribution >= 0.6 is 23.2 Å². The maximum atomic E-state index is 5.95. The summed E-state index contributed by atoms with van der Waals surface area (Å²) in [6.07, 6.45) is 8.30. The number of anilines is 1. The molecule has 0 saturated heterocycles. The van der Waals surface area contributed by atoms with E-state index in [4.69, 9.17) is 23.2 Å². The summed E-state index contributed by atoms with van der Waals surface area (Å²) in [6.45, 7) is 1.02. The monoisotopic (exact) mass is 271 g/mol. The molecule has 3 heteroatoms. The molecule has 0 aliphatic heterocycles. The number of benzene rings is 1. The summed E-state index contributed by atoms with van der Waals surface area (Å²) < 4.78 is 0. The first-order valence-electron chi connectivity index (χ1n) is 6.44. The van der Waals surface area contributed by atoms with E-state index in [-0.39, 0.29) is 0 Å². The van der Waals surface area contributed by atoms with Crippen LogP contribution in [0, 0.1) is 5.92 Å². The molecule has 1 nitrogen and oxygen atoms in total. The summed E-state index contributed by atoms with van der Waals surface area (Å²) in [5.41, 5.74) is 1.03. The van der Waals surface area contributed by atoms with E-state index in [0.29, 0.717) is 10.0 Å². The second kappa shape index (κ2) is 6.51. The van der Waals surface area contributed by atoms with Gasteiger partial charge in [-0.25, -0.2) is 0 Å². The predicted octanol–water partition coefficient (Wildman–Crippen LogP) is 5.38. The third kappa shape index (κ3) is 4.40. The summed E-state index contributed by atoms with van der Waals surface area (Å²) in [7, 11) is 0. The van der Waals surface area contributed by atoms with E-state index in [1.165, 1.54) is 38.5 Å². The highest BCUT2D eigenvalue weighted by Gasteiger charge is 2.12. The number of halogens is 2. The van der Waals surface area contributed by atoms with E-state index in [2.05, 4.69) is 5.32 Å². The summed E-state index contributed by atoms with van der Waals surface area (Å²) >= 11 is 11.9. The van der Waals surface area contributed by atoms with Crippen molar-refractivity contribution in [2.75, 3.05) is 11.9 Å². The van der Waals surface area contributed by atoms with Gasteiger partial charge in [0.25, 0.3) is 0 Å². The van der Waals surface area contributed by atoms with Crippen LogP contribution in [0.25, 0.3) is 0 Å². The van der Waals surface area contributed by atoms with Crippen molar-refractivity contribution in [3.63, 3.8) is 0 Å². The molecule has 1 N–H and O–H groups in total. The zero-order valence-electron chi connectivity index (χ0n) is 10.0. The molecule has 0 unspecified atom stereocenters. The number of hydrogen-bond donors (Lipinski definition) is 1. The van der Waals surface area contributed by atoms with Crippen LogP contribution in [0.5, 0.6) is 0 Å². The Balaban J connectivity index is 1.77. The molecule has 1 aliphatic rings. The molecule has 0 atom stereocenters. The summed E-state index contributed by atoms with van der Waals surface area (Å²) in [6, 6.07) is 5.61. The second-order valence-electron chi connectivity index (χ2n) is 4.88. The second-order valence-corrected chi connectivity index (χ2v) is 5.75. The Bertz CT molecular complexity index is 339. The van der Waals surface area contributed by atoms with Gasteiger partial charge in [-0.05, 0) is 30.5 Å². The van der Waals surface area contributed by atoms with Crippen molar-refractivity contribution in [1.29, 1.82) is 0 Å². The topological polar surface area (TPSA) is 12.0 Å². The van der Waals surface area contributed by atoms with Crippen molar-refractivity contribution < 1.29 is 0 Å². The molecule has 1 aliphatic carbocycles. The maximum Gasteiger partial charge on any atom is 0.0441 e. The minimum absolute atomic E-state index is 0.692. The maximum absolute atomic E-state index is 5.95. The van der Waals surface area contributed by atoms with Gasteiger partial charge in [0, 0.05) is 22.3 Å².